The zero-order valence-corrected chi connectivity index (χ0v) is 15.9. The molecule has 1 aliphatic rings. The highest BCUT2D eigenvalue weighted by Gasteiger charge is 2.37. The Hall–Kier alpha value is -2.18. The lowest BCUT2D eigenvalue weighted by Crippen LogP contribution is -2.51. The molecule has 2 atom stereocenters. The van der Waals surface area contributed by atoms with Gasteiger partial charge in [0.25, 0.3) is 0 Å². The third-order valence-corrected chi connectivity index (χ3v) is 4.78. The van der Waals surface area contributed by atoms with Gasteiger partial charge in [-0.2, -0.15) is 0 Å². The molecule has 2 unspecified atom stereocenters. The van der Waals surface area contributed by atoms with Crippen LogP contribution >= 0.6 is 12.4 Å². The van der Waals surface area contributed by atoms with E-state index in [1.165, 1.54) is 0 Å². The second-order valence-corrected chi connectivity index (χ2v) is 6.90. The molecule has 1 aliphatic carbocycles. The van der Waals surface area contributed by atoms with Crippen LogP contribution in [0.5, 0.6) is 11.8 Å². The number of halogens is 1. The molecule has 0 radical (unpaired) electrons. The van der Waals surface area contributed by atoms with Gasteiger partial charge < -0.3 is 15.8 Å². The average molecular weight is 377 g/mol. The standard InChI is InChI=1S/C19H24N4O2.ClH/c1-13-12-14(25-18-21-10-5-11-22-18)7-8-16(13)23-17(24)15-6-3-4-9-19(15,2)20;/h5,7-8,10-12,15H,3-4,6,9,20H2,1-2H3,(H,23,24);1H. The number of hydrogen-bond donors (Lipinski definition) is 2. The molecule has 0 saturated heterocycles. The molecule has 0 spiro atoms. The normalized spacial score (nSPS) is 22.2. The third-order valence-electron chi connectivity index (χ3n) is 4.78. The van der Waals surface area contributed by atoms with Crippen LogP contribution in [0.25, 0.3) is 0 Å². The van der Waals surface area contributed by atoms with E-state index >= 15 is 0 Å². The number of nitrogens with one attached hydrogen (secondary N) is 1. The lowest BCUT2D eigenvalue weighted by Gasteiger charge is -2.37. The van der Waals surface area contributed by atoms with Crippen LogP contribution in [0, 0.1) is 12.8 Å². The summed E-state index contributed by atoms with van der Waals surface area (Å²) in [6.45, 7) is 3.90. The Morgan fingerprint density at radius 2 is 2.04 bits per heavy atom. The summed E-state index contributed by atoms with van der Waals surface area (Å²) in [4.78, 5) is 20.7. The number of rotatable bonds is 4. The highest BCUT2D eigenvalue weighted by molar-refractivity contribution is 5.94. The van der Waals surface area contributed by atoms with Crippen LogP contribution in [0.3, 0.4) is 0 Å². The van der Waals surface area contributed by atoms with E-state index in [1.54, 1.807) is 24.5 Å². The molecule has 1 saturated carbocycles. The molecular formula is C19H25ClN4O2. The van der Waals surface area contributed by atoms with Crippen molar-refractivity contribution in [3.63, 3.8) is 0 Å². The van der Waals surface area contributed by atoms with Crippen LogP contribution in [0.1, 0.15) is 38.2 Å². The lowest BCUT2D eigenvalue weighted by atomic mass is 9.74. The van der Waals surface area contributed by atoms with Gasteiger partial charge in [-0.05, 0) is 56.5 Å². The van der Waals surface area contributed by atoms with Crippen LogP contribution in [-0.4, -0.2) is 21.4 Å². The molecule has 3 rings (SSSR count). The number of carbonyl (C=O) groups is 1. The molecule has 2 aromatic rings. The summed E-state index contributed by atoms with van der Waals surface area (Å²) in [5.41, 5.74) is 7.57. The Balaban J connectivity index is 0.00000243. The Kier molecular flexibility index (Phi) is 6.56. The minimum absolute atomic E-state index is 0. The van der Waals surface area contributed by atoms with E-state index in [4.69, 9.17) is 10.5 Å². The van der Waals surface area contributed by atoms with E-state index in [1.807, 2.05) is 26.0 Å². The molecule has 7 heteroatoms. The summed E-state index contributed by atoms with van der Waals surface area (Å²) in [5.74, 6) is 0.463. The van der Waals surface area contributed by atoms with Crippen LogP contribution in [0.2, 0.25) is 0 Å². The fourth-order valence-electron chi connectivity index (χ4n) is 3.29. The quantitative estimate of drug-likeness (QED) is 0.845. The van der Waals surface area contributed by atoms with Gasteiger partial charge in [-0.3, -0.25) is 4.79 Å². The van der Waals surface area contributed by atoms with Gasteiger partial charge in [0.1, 0.15) is 5.75 Å². The first kappa shape index (κ1) is 20.1. The highest BCUT2D eigenvalue weighted by atomic mass is 35.5. The van der Waals surface area contributed by atoms with E-state index in [-0.39, 0.29) is 24.2 Å². The fraction of sp³-hybridized carbons (Fsp3) is 0.421. The molecule has 0 aliphatic heterocycles. The van der Waals surface area contributed by atoms with E-state index < -0.39 is 5.54 Å². The van der Waals surface area contributed by atoms with Gasteiger partial charge in [-0.15, -0.1) is 12.4 Å². The minimum atomic E-state index is -0.441. The summed E-state index contributed by atoms with van der Waals surface area (Å²) in [6, 6.07) is 7.51. The fourth-order valence-corrected chi connectivity index (χ4v) is 3.29. The van der Waals surface area contributed by atoms with Gasteiger partial charge in [0.15, 0.2) is 0 Å². The topological polar surface area (TPSA) is 90.1 Å². The number of amides is 1. The summed E-state index contributed by atoms with van der Waals surface area (Å²) < 4.78 is 5.61. The Labute approximate surface area is 160 Å². The van der Waals surface area contributed by atoms with Crippen molar-refractivity contribution < 1.29 is 9.53 Å². The SMILES string of the molecule is Cc1cc(Oc2ncccn2)ccc1NC(=O)C1CCCCC1(C)N.Cl. The van der Waals surface area contributed by atoms with Crippen molar-refractivity contribution in [2.75, 3.05) is 5.32 Å². The third kappa shape index (κ3) is 4.71. The second kappa shape index (κ2) is 8.47. The van der Waals surface area contributed by atoms with Crippen molar-refractivity contribution in [1.82, 2.24) is 9.97 Å². The molecule has 0 bridgehead atoms. The molecule has 1 aromatic carbocycles. The number of ether oxygens (including phenoxy) is 1. The van der Waals surface area contributed by atoms with Crippen LogP contribution in [0.15, 0.2) is 36.7 Å². The van der Waals surface area contributed by atoms with Gasteiger partial charge in [-0.25, -0.2) is 9.97 Å². The van der Waals surface area contributed by atoms with Crippen molar-refractivity contribution in [3.05, 3.63) is 42.2 Å². The Bertz CT molecular complexity index is 752. The van der Waals surface area contributed by atoms with Crippen molar-refractivity contribution >= 4 is 24.0 Å². The molecule has 1 aromatic heterocycles. The number of benzene rings is 1. The van der Waals surface area contributed by atoms with Crippen molar-refractivity contribution in [3.8, 4) is 11.8 Å². The summed E-state index contributed by atoms with van der Waals surface area (Å²) in [6.07, 6.45) is 7.10. The van der Waals surface area contributed by atoms with Gasteiger partial charge >= 0.3 is 6.01 Å². The zero-order valence-electron chi connectivity index (χ0n) is 15.1. The number of aryl methyl sites for hydroxylation is 1. The Morgan fingerprint density at radius 3 is 2.69 bits per heavy atom. The lowest BCUT2D eigenvalue weighted by molar-refractivity contribution is -0.122. The summed E-state index contributed by atoms with van der Waals surface area (Å²) >= 11 is 0. The summed E-state index contributed by atoms with van der Waals surface area (Å²) in [5, 5.41) is 3.02. The van der Waals surface area contributed by atoms with Gasteiger partial charge in [-0.1, -0.05) is 12.8 Å². The monoisotopic (exact) mass is 376 g/mol. The first-order valence-corrected chi connectivity index (χ1v) is 8.61. The molecule has 1 fully saturated rings. The van der Waals surface area contributed by atoms with Gasteiger partial charge in [0.2, 0.25) is 5.91 Å². The second-order valence-electron chi connectivity index (χ2n) is 6.90. The van der Waals surface area contributed by atoms with E-state index in [0.717, 1.165) is 36.9 Å². The number of hydrogen-bond acceptors (Lipinski definition) is 5. The molecule has 1 amide bonds. The average Bonchev–Trinajstić information content (AvgIpc) is 2.58. The number of nitrogens with two attached hydrogens (primary N) is 1. The minimum Gasteiger partial charge on any atom is -0.424 e. The van der Waals surface area contributed by atoms with Crippen LogP contribution in [-0.2, 0) is 4.79 Å². The zero-order chi connectivity index (χ0) is 17.9. The molecule has 3 N–H and O–H groups in total. The maximum Gasteiger partial charge on any atom is 0.321 e. The number of anilines is 1. The van der Waals surface area contributed by atoms with Gasteiger partial charge in [0.05, 0.1) is 5.92 Å². The first-order valence-electron chi connectivity index (χ1n) is 8.61. The van der Waals surface area contributed by atoms with Crippen molar-refractivity contribution in [2.24, 2.45) is 11.7 Å². The van der Waals surface area contributed by atoms with Crippen molar-refractivity contribution in [1.29, 1.82) is 0 Å². The molecule has 6 nitrogen and oxygen atoms in total. The van der Waals surface area contributed by atoms with E-state index in [2.05, 4.69) is 15.3 Å². The summed E-state index contributed by atoms with van der Waals surface area (Å²) in [7, 11) is 0. The molecule has 1 heterocycles. The predicted molar refractivity (Wildman–Crippen MR) is 104 cm³/mol. The molecular weight excluding hydrogens is 352 g/mol. The smallest absolute Gasteiger partial charge is 0.321 e. The first-order chi connectivity index (χ1) is 12.0. The maximum absolute atomic E-state index is 12.7. The molecule has 26 heavy (non-hydrogen) atoms. The predicted octanol–water partition coefficient (Wildman–Crippen LogP) is 3.85. The van der Waals surface area contributed by atoms with Gasteiger partial charge in [0, 0.05) is 23.6 Å². The van der Waals surface area contributed by atoms with E-state index in [9.17, 15) is 4.79 Å². The Morgan fingerprint density at radius 1 is 1.31 bits per heavy atom. The largest absolute Gasteiger partial charge is 0.424 e. The number of aromatic nitrogens is 2. The number of nitrogens with zero attached hydrogens (tertiary/aromatic N) is 2. The maximum atomic E-state index is 12.7. The highest BCUT2D eigenvalue weighted by Crippen LogP contribution is 2.33. The molecule has 140 valence electrons. The van der Waals surface area contributed by atoms with E-state index in [0.29, 0.717) is 11.8 Å². The number of carbonyl (C=O) groups excluding carboxylic acids is 1. The van der Waals surface area contributed by atoms with Crippen LogP contribution in [0.4, 0.5) is 5.69 Å². The van der Waals surface area contributed by atoms with Crippen LogP contribution < -0.4 is 15.8 Å². The van der Waals surface area contributed by atoms with Crippen molar-refractivity contribution in [2.45, 2.75) is 45.1 Å².